The highest BCUT2D eigenvalue weighted by molar-refractivity contribution is 5.91. The van der Waals surface area contributed by atoms with E-state index in [1.807, 2.05) is 9.80 Å². The van der Waals surface area contributed by atoms with Crippen LogP contribution in [-0.4, -0.2) is 152 Å². The molecular formula is C27H42N6O9. The van der Waals surface area contributed by atoms with Gasteiger partial charge in [0.1, 0.15) is 6.04 Å². The maximum absolute atomic E-state index is 12.6. The molecule has 0 radical (unpaired) electrons. The van der Waals surface area contributed by atoms with Gasteiger partial charge in [0.2, 0.25) is 5.91 Å². The van der Waals surface area contributed by atoms with Gasteiger partial charge in [-0.2, -0.15) is 0 Å². The highest BCUT2D eigenvalue weighted by Gasteiger charge is 2.28. The Morgan fingerprint density at radius 1 is 0.786 bits per heavy atom. The van der Waals surface area contributed by atoms with Gasteiger partial charge < -0.3 is 30.7 Å². The number of esters is 2. The van der Waals surface area contributed by atoms with Crippen LogP contribution in [0.25, 0.3) is 0 Å². The Balaban J connectivity index is 2.21. The molecule has 1 aliphatic heterocycles. The fourth-order valence-electron chi connectivity index (χ4n) is 4.54. The second kappa shape index (κ2) is 17.9. The summed E-state index contributed by atoms with van der Waals surface area (Å²) in [6.45, 7) is 2.03. The van der Waals surface area contributed by atoms with E-state index >= 15 is 0 Å². The quantitative estimate of drug-likeness (QED) is 0.172. The second-order valence-electron chi connectivity index (χ2n) is 9.97. The number of amides is 1. The number of carboxylic acids is 2. The molecule has 0 spiro atoms. The van der Waals surface area contributed by atoms with Gasteiger partial charge in [-0.1, -0.05) is 0 Å². The largest absolute Gasteiger partial charge is 0.480 e. The van der Waals surface area contributed by atoms with Crippen molar-refractivity contribution in [3.05, 3.63) is 24.3 Å². The number of carbonyl (C=O) groups excluding carboxylic acids is 3. The SMILES string of the molecule is COC(=O)CN1CCN(CC(=O)O)CCN(C(CCC(=O)Nc2ccc(N)cc2)C(=O)O)CCN(CC(=O)OC)CC1. The Kier molecular flexibility index (Phi) is 14.7. The minimum absolute atomic E-state index is 0.00484. The van der Waals surface area contributed by atoms with Gasteiger partial charge in [-0.25, -0.2) is 0 Å². The van der Waals surface area contributed by atoms with Crippen molar-refractivity contribution < 1.29 is 43.7 Å². The van der Waals surface area contributed by atoms with Gasteiger partial charge in [0.15, 0.2) is 0 Å². The average Bonchev–Trinajstić information content (AvgIpc) is 2.94. The summed E-state index contributed by atoms with van der Waals surface area (Å²) in [7, 11) is 2.57. The van der Waals surface area contributed by atoms with E-state index in [1.165, 1.54) is 14.2 Å². The standard InChI is InChI=1S/C27H42N6O9/c1-41-25(37)18-31-10-9-30(17-24(35)36)13-15-33(16-14-32(12-11-31)19-26(38)42-2)22(27(39)40)7-8-23(34)29-21-5-3-20(28)4-6-21/h3-6,22H,7-19,28H2,1-2H3,(H,29,34)(H,35,36)(H,39,40). The lowest BCUT2D eigenvalue weighted by molar-refractivity contribution is -0.145. The van der Waals surface area contributed by atoms with Crippen LogP contribution >= 0.6 is 0 Å². The van der Waals surface area contributed by atoms with Crippen molar-refractivity contribution >= 4 is 41.2 Å². The third kappa shape index (κ3) is 12.8. The number of anilines is 2. The molecule has 1 aromatic carbocycles. The Bertz CT molecular complexity index is 1060. The van der Waals surface area contributed by atoms with Gasteiger partial charge in [0, 0.05) is 70.2 Å². The number of rotatable bonds is 12. The van der Waals surface area contributed by atoms with Crippen LogP contribution in [0.15, 0.2) is 24.3 Å². The average molecular weight is 595 g/mol. The van der Waals surface area contributed by atoms with E-state index in [-0.39, 0.29) is 58.0 Å². The van der Waals surface area contributed by atoms with E-state index in [1.54, 1.807) is 34.1 Å². The lowest BCUT2D eigenvalue weighted by Crippen LogP contribution is -2.52. The molecule has 2 rings (SSSR count). The number of hydrogen-bond acceptors (Lipinski definition) is 12. The number of carboxylic acid groups (broad SMARTS) is 2. The summed E-state index contributed by atoms with van der Waals surface area (Å²) < 4.78 is 9.62. The number of hydrogen-bond donors (Lipinski definition) is 4. The summed E-state index contributed by atoms with van der Waals surface area (Å²) in [5, 5.41) is 22.3. The smallest absolute Gasteiger partial charge is 0.320 e. The van der Waals surface area contributed by atoms with Crippen molar-refractivity contribution in [2.24, 2.45) is 0 Å². The Morgan fingerprint density at radius 3 is 1.67 bits per heavy atom. The third-order valence-corrected chi connectivity index (χ3v) is 6.96. The molecule has 0 bridgehead atoms. The number of benzene rings is 1. The van der Waals surface area contributed by atoms with Crippen LogP contribution in [0.4, 0.5) is 11.4 Å². The summed E-state index contributed by atoms with van der Waals surface area (Å²) in [6.07, 6.45) is -0.0516. The van der Waals surface area contributed by atoms with E-state index in [0.717, 1.165) is 0 Å². The Hall–Kier alpha value is -3.79. The fraction of sp³-hybridized carbons (Fsp3) is 0.593. The molecule has 42 heavy (non-hydrogen) atoms. The van der Waals surface area contributed by atoms with Crippen LogP contribution in [0, 0.1) is 0 Å². The zero-order valence-corrected chi connectivity index (χ0v) is 24.2. The van der Waals surface area contributed by atoms with Crippen LogP contribution in [0.3, 0.4) is 0 Å². The molecule has 1 unspecified atom stereocenters. The number of nitrogen functional groups attached to an aromatic ring is 1. The summed E-state index contributed by atoms with van der Waals surface area (Å²) in [6, 6.07) is 5.55. The normalized spacial score (nSPS) is 17.3. The molecular weight excluding hydrogens is 552 g/mol. The van der Waals surface area contributed by atoms with Crippen molar-refractivity contribution in [3.8, 4) is 0 Å². The number of nitrogens with two attached hydrogens (primary N) is 1. The molecule has 5 N–H and O–H groups in total. The third-order valence-electron chi connectivity index (χ3n) is 6.96. The highest BCUT2D eigenvalue weighted by Crippen LogP contribution is 2.14. The van der Waals surface area contributed by atoms with E-state index in [4.69, 9.17) is 15.2 Å². The van der Waals surface area contributed by atoms with Crippen LogP contribution in [0.2, 0.25) is 0 Å². The summed E-state index contributed by atoms with van der Waals surface area (Å²) in [5.74, 6) is -3.41. The van der Waals surface area contributed by atoms with Crippen molar-refractivity contribution in [2.75, 3.05) is 97.3 Å². The molecule has 15 nitrogen and oxygen atoms in total. The maximum Gasteiger partial charge on any atom is 0.320 e. The molecule has 1 heterocycles. The number of methoxy groups -OCH3 is 2. The monoisotopic (exact) mass is 594 g/mol. The molecule has 1 aromatic rings. The molecule has 1 fully saturated rings. The first-order chi connectivity index (χ1) is 20.0. The van der Waals surface area contributed by atoms with E-state index in [0.29, 0.717) is 44.1 Å². The lowest BCUT2D eigenvalue weighted by atomic mass is 10.1. The summed E-state index contributed by atoms with van der Waals surface area (Å²) in [4.78, 5) is 67.6. The first kappa shape index (κ1) is 34.4. The van der Waals surface area contributed by atoms with Crippen molar-refractivity contribution in [1.82, 2.24) is 19.6 Å². The molecule has 0 aliphatic carbocycles. The summed E-state index contributed by atoms with van der Waals surface area (Å²) >= 11 is 0. The number of aliphatic carboxylic acids is 2. The van der Waals surface area contributed by atoms with Crippen LogP contribution < -0.4 is 11.1 Å². The number of ether oxygens (including phenoxy) is 2. The van der Waals surface area contributed by atoms with Gasteiger partial charge >= 0.3 is 23.9 Å². The fourth-order valence-corrected chi connectivity index (χ4v) is 4.54. The molecule has 0 saturated carbocycles. The number of nitrogens with one attached hydrogen (secondary N) is 1. The zero-order valence-electron chi connectivity index (χ0n) is 24.2. The summed E-state index contributed by atoms with van der Waals surface area (Å²) in [5.41, 5.74) is 6.76. The van der Waals surface area contributed by atoms with Crippen LogP contribution in [0.5, 0.6) is 0 Å². The van der Waals surface area contributed by atoms with Crippen molar-refractivity contribution in [1.29, 1.82) is 0 Å². The van der Waals surface area contributed by atoms with E-state index < -0.39 is 29.9 Å². The number of carbonyl (C=O) groups is 5. The molecule has 234 valence electrons. The molecule has 0 aromatic heterocycles. The first-order valence-electron chi connectivity index (χ1n) is 13.7. The molecule has 15 heteroatoms. The predicted octanol–water partition coefficient (Wildman–Crippen LogP) is -0.907. The minimum atomic E-state index is -1.11. The lowest BCUT2D eigenvalue weighted by Gasteiger charge is -2.35. The van der Waals surface area contributed by atoms with Gasteiger partial charge in [0.05, 0.1) is 33.9 Å². The molecule has 1 saturated heterocycles. The van der Waals surface area contributed by atoms with Crippen LogP contribution in [0.1, 0.15) is 12.8 Å². The van der Waals surface area contributed by atoms with E-state index in [9.17, 15) is 34.2 Å². The van der Waals surface area contributed by atoms with Gasteiger partial charge in [-0.3, -0.25) is 43.6 Å². The molecule has 1 aliphatic rings. The maximum atomic E-state index is 12.6. The zero-order chi connectivity index (χ0) is 31.1. The second-order valence-corrected chi connectivity index (χ2v) is 9.97. The Labute approximate surface area is 245 Å². The molecule has 1 amide bonds. The predicted molar refractivity (Wildman–Crippen MR) is 153 cm³/mol. The number of nitrogens with zero attached hydrogens (tertiary/aromatic N) is 4. The minimum Gasteiger partial charge on any atom is -0.480 e. The topological polar surface area (TPSA) is 195 Å². The Morgan fingerprint density at radius 2 is 1.24 bits per heavy atom. The molecule has 1 atom stereocenters. The van der Waals surface area contributed by atoms with Crippen LogP contribution in [-0.2, 0) is 33.4 Å². The highest BCUT2D eigenvalue weighted by atomic mass is 16.5. The van der Waals surface area contributed by atoms with Gasteiger partial charge in [0.25, 0.3) is 0 Å². The van der Waals surface area contributed by atoms with Crippen molar-refractivity contribution in [2.45, 2.75) is 18.9 Å². The van der Waals surface area contributed by atoms with Crippen molar-refractivity contribution in [3.63, 3.8) is 0 Å². The van der Waals surface area contributed by atoms with Gasteiger partial charge in [-0.15, -0.1) is 0 Å². The van der Waals surface area contributed by atoms with E-state index in [2.05, 4.69) is 5.32 Å². The van der Waals surface area contributed by atoms with Gasteiger partial charge in [-0.05, 0) is 30.7 Å². The first-order valence-corrected chi connectivity index (χ1v) is 13.7.